The molecule has 0 amide bonds. The molecule has 3 N–H and O–H groups in total. The first-order chi connectivity index (χ1) is 11.6. The van der Waals surface area contributed by atoms with E-state index in [0.717, 1.165) is 17.7 Å². The Hall–Kier alpha value is -1.58. The van der Waals surface area contributed by atoms with Gasteiger partial charge in [-0.25, -0.2) is 13.6 Å². The highest BCUT2D eigenvalue weighted by Crippen LogP contribution is 2.29. The van der Waals surface area contributed by atoms with Crippen LogP contribution in [0.1, 0.15) is 16.7 Å². The van der Waals surface area contributed by atoms with Crippen LogP contribution in [0.3, 0.4) is 0 Å². The van der Waals surface area contributed by atoms with E-state index in [0.29, 0.717) is 29.5 Å². The van der Waals surface area contributed by atoms with Gasteiger partial charge in [-0.15, -0.1) is 0 Å². The number of primary sulfonamides is 1. The normalized spacial score (nSPS) is 12.2. The number of hydrogen-bond donors (Lipinski definition) is 2. The molecule has 0 aliphatic rings. The highest BCUT2D eigenvalue weighted by atomic mass is 79.9. The summed E-state index contributed by atoms with van der Waals surface area (Å²) < 4.78 is 60.6. The van der Waals surface area contributed by atoms with Gasteiger partial charge in [0.15, 0.2) is 0 Å². The molecule has 25 heavy (non-hydrogen) atoms. The lowest BCUT2D eigenvalue weighted by Crippen LogP contribution is -2.13. The minimum atomic E-state index is -4.36. The molecule has 0 saturated heterocycles. The van der Waals surface area contributed by atoms with Crippen molar-refractivity contribution in [1.82, 2.24) is 0 Å². The predicted octanol–water partition coefficient (Wildman–Crippen LogP) is 3.90. The van der Waals surface area contributed by atoms with Crippen LogP contribution < -0.4 is 10.5 Å². The molecule has 0 heterocycles. The van der Waals surface area contributed by atoms with Crippen LogP contribution in [0, 0.1) is 0 Å². The Balaban J connectivity index is 2.17. The van der Waals surface area contributed by atoms with Crippen LogP contribution in [0.25, 0.3) is 0 Å². The van der Waals surface area contributed by atoms with Crippen molar-refractivity contribution in [3.8, 4) is 0 Å². The molecule has 9 heteroatoms. The van der Waals surface area contributed by atoms with E-state index in [1.165, 1.54) is 24.3 Å². The van der Waals surface area contributed by atoms with Gasteiger partial charge in [0.2, 0.25) is 10.0 Å². The largest absolute Gasteiger partial charge is 0.416 e. The zero-order valence-corrected chi connectivity index (χ0v) is 15.4. The van der Waals surface area contributed by atoms with E-state index < -0.39 is 21.8 Å². The third kappa shape index (κ3) is 5.45. The summed E-state index contributed by atoms with van der Waals surface area (Å²) in [4.78, 5) is 0.0172. The number of aryl methyl sites for hydroxylation is 1. The fourth-order valence-electron chi connectivity index (χ4n) is 2.24. The SMILES string of the molecule is NS(=O)(=O)c1ccc(NCc2ccc(C(F)(F)F)cc2)c(CCBr)c1. The van der Waals surface area contributed by atoms with Crippen LogP contribution in [-0.2, 0) is 29.2 Å². The summed E-state index contributed by atoms with van der Waals surface area (Å²) in [5.74, 6) is 0. The van der Waals surface area contributed by atoms with E-state index in [2.05, 4.69) is 21.2 Å². The maximum Gasteiger partial charge on any atom is 0.416 e. The van der Waals surface area contributed by atoms with Gasteiger partial charge in [-0.05, 0) is 47.9 Å². The summed E-state index contributed by atoms with van der Waals surface area (Å²) in [5.41, 5.74) is 1.42. The van der Waals surface area contributed by atoms with Crippen molar-refractivity contribution in [1.29, 1.82) is 0 Å². The van der Waals surface area contributed by atoms with E-state index in [1.807, 2.05) is 0 Å². The molecule has 0 bridgehead atoms. The first-order valence-corrected chi connectivity index (χ1v) is 9.90. The summed E-state index contributed by atoms with van der Waals surface area (Å²) in [6.45, 7) is 0.308. The number of alkyl halides is 4. The second kappa shape index (κ2) is 7.76. The van der Waals surface area contributed by atoms with Gasteiger partial charge in [0.25, 0.3) is 0 Å². The lowest BCUT2D eigenvalue weighted by molar-refractivity contribution is -0.137. The Morgan fingerprint density at radius 1 is 1.08 bits per heavy atom. The summed E-state index contributed by atoms with van der Waals surface area (Å²) in [5, 5.41) is 8.87. The first kappa shape index (κ1) is 19.7. The number of halogens is 4. The summed E-state index contributed by atoms with van der Waals surface area (Å²) in [6.07, 6.45) is -3.79. The van der Waals surface area contributed by atoms with Gasteiger partial charge in [-0.2, -0.15) is 13.2 Å². The fraction of sp³-hybridized carbons (Fsp3) is 0.250. The standard InChI is InChI=1S/C16H16BrF3N2O2S/c17-8-7-12-9-14(25(21,23)24)5-6-15(12)22-10-11-1-3-13(4-2-11)16(18,19)20/h1-6,9,22H,7-8,10H2,(H2,21,23,24). The molecule has 0 atom stereocenters. The molecule has 136 valence electrons. The van der Waals surface area contributed by atoms with Crippen LogP contribution in [0.4, 0.5) is 18.9 Å². The topological polar surface area (TPSA) is 72.2 Å². The molecule has 0 fully saturated rings. The van der Waals surface area contributed by atoms with Gasteiger partial charge in [0.05, 0.1) is 10.5 Å². The van der Waals surface area contributed by atoms with Crippen LogP contribution in [0.15, 0.2) is 47.4 Å². The van der Waals surface area contributed by atoms with E-state index in [4.69, 9.17) is 5.14 Å². The van der Waals surface area contributed by atoms with Crippen molar-refractivity contribution in [2.75, 3.05) is 10.6 Å². The van der Waals surface area contributed by atoms with Crippen LogP contribution >= 0.6 is 15.9 Å². The number of sulfonamides is 1. The molecule has 0 unspecified atom stereocenters. The summed E-state index contributed by atoms with van der Waals surface area (Å²) in [7, 11) is -3.80. The van der Waals surface area contributed by atoms with Crippen LogP contribution in [0.5, 0.6) is 0 Å². The second-order valence-electron chi connectivity index (χ2n) is 5.35. The highest BCUT2D eigenvalue weighted by molar-refractivity contribution is 9.09. The zero-order chi connectivity index (χ0) is 18.7. The molecule has 2 aromatic rings. The van der Waals surface area contributed by atoms with Crippen molar-refractivity contribution in [2.45, 2.75) is 24.0 Å². The van der Waals surface area contributed by atoms with Gasteiger partial charge in [0.1, 0.15) is 0 Å². The number of nitrogens with one attached hydrogen (secondary N) is 1. The van der Waals surface area contributed by atoms with E-state index in [9.17, 15) is 21.6 Å². The molecular weight excluding hydrogens is 421 g/mol. The molecule has 0 spiro atoms. The molecule has 0 aromatic heterocycles. The lowest BCUT2D eigenvalue weighted by Gasteiger charge is -2.13. The molecule has 4 nitrogen and oxygen atoms in total. The van der Waals surface area contributed by atoms with Crippen molar-refractivity contribution >= 4 is 31.6 Å². The average molecular weight is 437 g/mol. The number of anilines is 1. The Morgan fingerprint density at radius 3 is 2.24 bits per heavy atom. The number of benzene rings is 2. The summed E-state index contributed by atoms with van der Waals surface area (Å²) >= 11 is 3.30. The van der Waals surface area contributed by atoms with Gasteiger partial charge in [-0.1, -0.05) is 28.1 Å². The quantitative estimate of drug-likeness (QED) is 0.674. The lowest BCUT2D eigenvalue weighted by atomic mass is 10.1. The van der Waals surface area contributed by atoms with Crippen molar-refractivity contribution in [2.24, 2.45) is 5.14 Å². The molecular formula is C16H16BrF3N2O2S. The highest BCUT2D eigenvalue weighted by Gasteiger charge is 2.29. The molecule has 0 saturated carbocycles. The first-order valence-electron chi connectivity index (χ1n) is 7.23. The Kier molecular flexibility index (Phi) is 6.12. The van der Waals surface area contributed by atoms with Crippen LogP contribution in [0.2, 0.25) is 0 Å². The minimum absolute atomic E-state index is 0.0172. The number of nitrogens with two attached hydrogens (primary N) is 1. The summed E-state index contributed by atoms with van der Waals surface area (Å²) in [6, 6.07) is 9.34. The second-order valence-corrected chi connectivity index (χ2v) is 7.71. The monoisotopic (exact) mass is 436 g/mol. The van der Waals surface area contributed by atoms with Gasteiger partial charge in [0, 0.05) is 17.6 Å². The van der Waals surface area contributed by atoms with Crippen molar-refractivity contribution in [3.05, 3.63) is 59.2 Å². The van der Waals surface area contributed by atoms with Crippen LogP contribution in [-0.4, -0.2) is 13.7 Å². The Bertz CT molecular complexity index is 837. The molecule has 2 rings (SSSR count). The van der Waals surface area contributed by atoms with Gasteiger partial charge in [-0.3, -0.25) is 0 Å². The maximum absolute atomic E-state index is 12.6. The molecule has 0 radical (unpaired) electrons. The van der Waals surface area contributed by atoms with E-state index in [-0.39, 0.29) is 4.90 Å². The maximum atomic E-state index is 12.6. The minimum Gasteiger partial charge on any atom is -0.381 e. The molecule has 0 aliphatic carbocycles. The molecule has 2 aromatic carbocycles. The van der Waals surface area contributed by atoms with Gasteiger partial charge >= 0.3 is 6.18 Å². The predicted molar refractivity (Wildman–Crippen MR) is 94.1 cm³/mol. The van der Waals surface area contributed by atoms with Crippen molar-refractivity contribution in [3.63, 3.8) is 0 Å². The van der Waals surface area contributed by atoms with E-state index >= 15 is 0 Å². The fourth-order valence-corrected chi connectivity index (χ4v) is 3.23. The third-order valence-corrected chi connectivity index (χ3v) is 4.84. The van der Waals surface area contributed by atoms with Crippen molar-refractivity contribution < 1.29 is 21.6 Å². The zero-order valence-electron chi connectivity index (χ0n) is 13.0. The average Bonchev–Trinajstić information content (AvgIpc) is 2.52. The Labute approximate surface area is 152 Å². The smallest absolute Gasteiger partial charge is 0.381 e. The van der Waals surface area contributed by atoms with E-state index in [1.54, 1.807) is 6.07 Å². The Morgan fingerprint density at radius 2 is 1.72 bits per heavy atom. The van der Waals surface area contributed by atoms with Gasteiger partial charge < -0.3 is 5.32 Å². The molecule has 0 aliphatic heterocycles. The number of rotatable bonds is 6. The number of hydrogen-bond acceptors (Lipinski definition) is 3. The third-order valence-electron chi connectivity index (χ3n) is 3.53.